The number of carbonyl (C=O) groups is 1. The van der Waals surface area contributed by atoms with E-state index in [0.717, 1.165) is 25.8 Å². The summed E-state index contributed by atoms with van der Waals surface area (Å²) >= 11 is 5.93. The molecule has 1 aromatic carbocycles. The Labute approximate surface area is 125 Å². The molecule has 1 amide bonds. The first-order chi connectivity index (χ1) is 9.61. The van der Waals surface area contributed by atoms with E-state index in [0.29, 0.717) is 16.8 Å². The quantitative estimate of drug-likeness (QED) is 0.843. The van der Waals surface area contributed by atoms with E-state index in [4.69, 9.17) is 16.3 Å². The van der Waals surface area contributed by atoms with Crippen molar-refractivity contribution in [1.82, 2.24) is 4.90 Å². The zero-order chi connectivity index (χ0) is 14.5. The van der Waals surface area contributed by atoms with Crippen molar-refractivity contribution in [3.8, 4) is 5.75 Å². The van der Waals surface area contributed by atoms with Gasteiger partial charge in [-0.15, -0.1) is 0 Å². The smallest absolute Gasteiger partial charge is 0.263 e. The van der Waals surface area contributed by atoms with Gasteiger partial charge in [0, 0.05) is 17.6 Å². The first-order valence-electron chi connectivity index (χ1n) is 7.34. The molecule has 0 aliphatic carbocycles. The summed E-state index contributed by atoms with van der Waals surface area (Å²) in [5.74, 6) is 0.722. The standard InChI is InChI=1S/C16H22ClNO2/c1-3-14-8-4-5-10-18(14)16(19)12(2)20-15-9-6-7-13(17)11-15/h6-7,9,11-12,14H,3-5,8,10H2,1-2H3. The topological polar surface area (TPSA) is 29.5 Å². The number of rotatable bonds is 4. The maximum absolute atomic E-state index is 12.5. The molecule has 1 fully saturated rings. The van der Waals surface area contributed by atoms with Crippen LogP contribution in [0.1, 0.15) is 39.5 Å². The third kappa shape index (κ3) is 3.66. The van der Waals surface area contributed by atoms with Crippen LogP contribution in [0.15, 0.2) is 24.3 Å². The fourth-order valence-corrected chi connectivity index (χ4v) is 2.92. The van der Waals surface area contributed by atoms with E-state index in [9.17, 15) is 4.79 Å². The molecular formula is C16H22ClNO2. The minimum Gasteiger partial charge on any atom is -0.481 e. The van der Waals surface area contributed by atoms with E-state index < -0.39 is 6.10 Å². The lowest BCUT2D eigenvalue weighted by atomic mass is 9.99. The summed E-state index contributed by atoms with van der Waals surface area (Å²) in [5, 5.41) is 0.617. The normalized spacial score (nSPS) is 20.6. The number of hydrogen-bond donors (Lipinski definition) is 0. The summed E-state index contributed by atoms with van der Waals surface area (Å²) < 4.78 is 5.73. The van der Waals surface area contributed by atoms with Crippen LogP contribution in [0.4, 0.5) is 0 Å². The Morgan fingerprint density at radius 1 is 1.50 bits per heavy atom. The third-order valence-corrected chi connectivity index (χ3v) is 4.07. The van der Waals surface area contributed by atoms with E-state index in [-0.39, 0.29) is 5.91 Å². The van der Waals surface area contributed by atoms with Crippen molar-refractivity contribution in [1.29, 1.82) is 0 Å². The summed E-state index contributed by atoms with van der Waals surface area (Å²) in [4.78, 5) is 14.5. The van der Waals surface area contributed by atoms with Crippen LogP contribution in [0, 0.1) is 0 Å². The van der Waals surface area contributed by atoms with Crippen LogP contribution >= 0.6 is 11.6 Å². The van der Waals surface area contributed by atoms with E-state index in [1.165, 1.54) is 6.42 Å². The molecule has 20 heavy (non-hydrogen) atoms. The van der Waals surface area contributed by atoms with Crippen molar-refractivity contribution in [3.63, 3.8) is 0 Å². The number of halogens is 1. The van der Waals surface area contributed by atoms with Crippen LogP contribution in [-0.4, -0.2) is 29.5 Å². The van der Waals surface area contributed by atoms with Crippen LogP contribution in [0.5, 0.6) is 5.75 Å². The van der Waals surface area contributed by atoms with Gasteiger partial charge >= 0.3 is 0 Å². The van der Waals surface area contributed by atoms with Gasteiger partial charge in [0.15, 0.2) is 6.10 Å². The molecular weight excluding hydrogens is 274 g/mol. The number of nitrogens with zero attached hydrogens (tertiary/aromatic N) is 1. The van der Waals surface area contributed by atoms with E-state index in [1.807, 2.05) is 24.0 Å². The molecule has 2 rings (SSSR count). The first kappa shape index (κ1) is 15.2. The summed E-state index contributed by atoms with van der Waals surface area (Å²) in [7, 11) is 0. The molecule has 1 saturated heterocycles. The summed E-state index contributed by atoms with van der Waals surface area (Å²) in [6, 6.07) is 7.53. The molecule has 0 bridgehead atoms. The van der Waals surface area contributed by atoms with Gasteiger partial charge in [0.1, 0.15) is 5.75 Å². The Hall–Kier alpha value is -1.22. The molecule has 0 spiro atoms. The largest absolute Gasteiger partial charge is 0.481 e. The van der Waals surface area contributed by atoms with Gasteiger partial charge in [0.25, 0.3) is 5.91 Å². The number of hydrogen-bond acceptors (Lipinski definition) is 2. The Kier molecular flexibility index (Phi) is 5.30. The molecule has 1 aliphatic rings. The Balaban J connectivity index is 2.00. The van der Waals surface area contributed by atoms with Gasteiger partial charge in [0.2, 0.25) is 0 Å². The van der Waals surface area contributed by atoms with Crippen molar-refractivity contribution in [2.75, 3.05) is 6.54 Å². The van der Waals surface area contributed by atoms with Gasteiger partial charge in [-0.1, -0.05) is 24.6 Å². The fraction of sp³-hybridized carbons (Fsp3) is 0.562. The van der Waals surface area contributed by atoms with Crippen molar-refractivity contribution >= 4 is 17.5 Å². The second kappa shape index (κ2) is 6.98. The van der Waals surface area contributed by atoms with Gasteiger partial charge in [0.05, 0.1) is 0 Å². The molecule has 0 aromatic heterocycles. The van der Waals surface area contributed by atoms with Gasteiger partial charge < -0.3 is 9.64 Å². The average molecular weight is 296 g/mol. The van der Waals surface area contributed by atoms with Gasteiger partial charge in [-0.2, -0.15) is 0 Å². The number of benzene rings is 1. The van der Waals surface area contributed by atoms with Crippen LogP contribution in [-0.2, 0) is 4.79 Å². The van der Waals surface area contributed by atoms with E-state index in [1.54, 1.807) is 12.1 Å². The summed E-state index contributed by atoms with van der Waals surface area (Å²) in [6.45, 7) is 4.80. The molecule has 1 aliphatic heterocycles. The number of carbonyl (C=O) groups excluding carboxylic acids is 1. The van der Waals surface area contributed by atoms with Crippen molar-refractivity contribution in [2.45, 2.75) is 51.7 Å². The molecule has 3 nitrogen and oxygen atoms in total. The zero-order valence-electron chi connectivity index (χ0n) is 12.1. The summed E-state index contributed by atoms with van der Waals surface area (Å²) in [5.41, 5.74) is 0. The maximum atomic E-state index is 12.5. The lowest BCUT2D eigenvalue weighted by molar-refractivity contribution is -0.141. The minimum absolute atomic E-state index is 0.0801. The Bertz CT molecular complexity index is 464. The molecule has 0 saturated carbocycles. The molecule has 1 heterocycles. The zero-order valence-corrected chi connectivity index (χ0v) is 12.9. The van der Waals surface area contributed by atoms with E-state index >= 15 is 0 Å². The average Bonchev–Trinajstić information content (AvgIpc) is 2.46. The lowest BCUT2D eigenvalue weighted by Crippen LogP contribution is -2.48. The van der Waals surface area contributed by atoms with Crippen molar-refractivity contribution < 1.29 is 9.53 Å². The SMILES string of the molecule is CCC1CCCCN1C(=O)C(C)Oc1cccc(Cl)c1. The molecule has 0 radical (unpaired) electrons. The highest BCUT2D eigenvalue weighted by atomic mass is 35.5. The van der Waals surface area contributed by atoms with Crippen LogP contribution in [0.3, 0.4) is 0 Å². The Morgan fingerprint density at radius 2 is 2.30 bits per heavy atom. The highest BCUT2D eigenvalue weighted by Crippen LogP contribution is 2.23. The molecule has 2 unspecified atom stereocenters. The van der Waals surface area contributed by atoms with Crippen molar-refractivity contribution in [2.24, 2.45) is 0 Å². The van der Waals surface area contributed by atoms with Gasteiger partial charge in [-0.3, -0.25) is 4.79 Å². The minimum atomic E-state index is -0.472. The highest BCUT2D eigenvalue weighted by Gasteiger charge is 2.29. The summed E-state index contributed by atoms with van der Waals surface area (Å²) in [6.07, 6.45) is 3.94. The third-order valence-electron chi connectivity index (χ3n) is 3.84. The Morgan fingerprint density at radius 3 is 3.00 bits per heavy atom. The molecule has 110 valence electrons. The lowest BCUT2D eigenvalue weighted by Gasteiger charge is -2.36. The number of likely N-dealkylation sites (tertiary alicyclic amines) is 1. The molecule has 2 atom stereocenters. The molecule has 0 N–H and O–H groups in total. The number of amides is 1. The highest BCUT2D eigenvalue weighted by molar-refractivity contribution is 6.30. The predicted molar refractivity (Wildman–Crippen MR) is 81.2 cm³/mol. The first-order valence-corrected chi connectivity index (χ1v) is 7.72. The van der Waals surface area contributed by atoms with Crippen molar-refractivity contribution in [3.05, 3.63) is 29.3 Å². The second-order valence-electron chi connectivity index (χ2n) is 5.31. The number of piperidine rings is 1. The van der Waals surface area contributed by atoms with Gasteiger partial charge in [-0.05, 0) is 50.8 Å². The predicted octanol–water partition coefficient (Wildman–Crippen LogP) is 3.90. The maximum Gasteiger partial charge on any atom is 0.263 e. The molecule has 4 heteroatoms. The van der Waals surface area contributed by atoms with Gasteiger partial charge in [-0.25, -0.2) is 0 Å². The fourth-order valence-electron chi connectivity index (χ4n) is 2.74. The van der Waals surface area contributed by atoms with Crippen LogP contribution in [0.25, 0.3) is 0 Å². The van der Waals surface area contributed by atoms with Crippen LogP contribution in [0.2, 0.25) is 5.02 Å². The van der Waals surface area contributed by atoms with Crippen LogP contribution < -0.4 is 4.74 Å². The second-order valence-corrected chi connectivity index (χ2v) is 5.74. The van der Waals surface area contributed by atoms with E-state index in [2.05, 4.69) is 6.92 Å². The number of ether oxygens (including phenoxy) is 1. The monoisotopic (exact) mass is 295 g/mol. The molecule has 1 aromatic rings.